The molecule has 0 saturated carbocycles. The number of hydrogen-bond donors (Lipinski definition) is 1. The van der Waals surface area contributed by atoms with Gasteiger partial charge in [-0.05, 0) is 51.6 Å². The van der Waals surface area contributed by atoms with Crippen LogP contribution in [0.5, 0.6) is 0 Å². The lowest BCUT2D eigenvalue weighted by Gasteiger charge is -2.10. The third-order valence-electron chi connectivity index (χ3n) is 5.25. The number of nitrogens with one attached hydrogen (secondary N) is 1. The molecule has 1 aromatic carbocycles. The van der Waals surface area contributed by atoms with Gasteiger partial charge in [0.15, 0.2) is 0 Å². The number of unbranched alkanes of at least 4 members (excludes halogenated alkanes) is 2. The molecule has 3 heteroatoms. The molecule has 0 saturated heterocycles. The lowest BCUT2D eigenvalue weighted by Crippen LogP contribution is -2.14. The van der Waals surface area contributed by atoms with Crippen LogP contribution in [0.3, 0.4) is 0 Å². The molecule has 0 atom stereocenters. The van der Waals surface area contributed by atoms with Crippen molar-refractivity contribution in [2.24, 2.45) is 4.99 Å². The lowest BCUT2D eigenvalue weighted by atomic mass is 10.1. The average Bonchev–Trinajstić information content (AvgIpc) is 2.80. The van der Waals surface area contributed by atoms with Crippen LogP contribution >= 0.6 is 0 Å². The highest BCUT2D eigenvalue weighted by Crippen LogP contribution is 2.20. The molecule has 0 bridgehead atoms. The Balaban J connectivity index is 2.86. The first-order chi connectivity index (χ1) is 16.0. The van der Waals surface area contributed by atoms with E-state index < -0.39 is 5.83 Å². The SMILES string of the molecule is C=C(F)C(/C=C\C=C/C)=C\CNCC/C=C(\N=C(/CCC)CCCCC)c1ccc(C)cc1. The van der Waals surface area contributed by atoms with E-state index in [9.17, 15) is 4.39 Å². The first kappa shape index (κ1) is 28.5. The molecular formula is C30H43FN2. The fraction of sp³-hybridized carbons (Fsp3) is 0.433. The molecule has 1 aromatic rings. The van der Waals surface area contributed by atoms with Crippen LogP contribution < -0.4 is 5.32 Å². The summed E-state index contributed by atoms with van der Waals surface area (Å²) in [6, 6.07) is 8.61. The number of nitrogens with zero attached hydrogens (tertiary/aromatic N) is 1. The molecule has 1 N–H and O–H groups in total. The zero-order chi connectivity index (χ0) is 24.3. The van der Waals surface area contributed by atoms with Crippen LogP contribution in [0.1, 0.15) is 76.8 Å². The molecule has 0 unspecified atom stereocenters. The number of rotatable bonds is 16. The summed E-state index contributed by atoms with van der Waals surface area (Å²) in [5, 5.41) is 3.37. The van der Waals surface area contributed by atoms with Gasteiger partial charge in [0.1, 0.15) is 5.83 Å². The Morgan fingerprint density at radius 2 is 1.79 bits per heavy atom. The second-order valence-electron chi connectivity index (χ2n) is 8.28. The monoisotopic (exact) mass is 450 g/mol. The molecule has 33 heavy (non-hydrogen) atoms. The number of benzene rings is 1. The van der Waals surface area contributed by atoms with Gasteiger partial charge in [-0.25, -0.2) is 4.39 Å². The highest BCUT2D eigenvalue weighted by atomic mass is 19.1. The van der Waals surface area contributed by atoms with Gasteiger partial charge in [0, 0.05) is 17.8 Å². The van der Waals surface area contributed by atoms with E-state index in [2.05, 4.69) is 63.0 Å². The predicted octanol–water partition coefficient (Wildman–Crippen LogP) is 8.68. The molecule has 0 aliphatic carbocycles. The van der Waals surface area contributed by atoms with Gasteiger partial charge in [0.05, 0.1) is 5.70 Å². The van der Waals surface area contributed by atoms with Crippen molar-refractivity contribution in [3.8, 4) is 0 Å². The van der Waals surface area contributed by atoms with Gasteiger partial charge >= 0.3 is 0 Å². The van der Waals surface area contributed by atoms with E-state index >= 15 is 0 Å². The molecule has 0 aliphatic heterocycles. The largest absolute Gasteiger partial charge is 0.313 e. The summed E-state index contributed by atoms with van der Waals surface area (Å²) in [4.78, 5) is 5.11. The minimum Gasteiger partial charge on any atom is -0.313 e. The Bertz CT molecular complexity index is 839. The highest BCUT2D eigenvalue weighted by Gasteiger charge is 2.05. The van der Waals surface area contributed by atoms with E-state index in [1.165, 1.54) is 30.5 Å². The zero-order valence-corrected chi connectivity index (χ0v) is 21.2. The van der Waals surface area contributed by atoms with Gasteiger partial charge < -0.3 is 5.32 Å². The summed E-state index contributed by atoms with van der Waals surface area (Å²) in [6.07, 6.45) is 19.2. The van der Waals surface area contributed by atoms with Crippen molar-refractivity contribution in [1.82, 2.24) is 5.32 Å². The van der Waals surface area contributed by atoms with Crippen LogP contribution in [0.4, 0.5) is 4.39 Å². The third kappa shape index (κ3) is 12.9. The Hall–Kier alpha value is -2.52. The van der Waals surface area contributed by atoms with Crippen LogP contribution in [0, 0.1) is 6.92 Å². The molecular weight excluding hydrogens is 407 g/mol. The zero-order valence-electron chi connectivity index (χ0n) is 21.2. The summed E-state index contributed by atoms with van der Waals surface area (Å²) in [5.74, 6) is -0.417. The molecule has 0 amide bonds. The van der Waals surface area contributed by atoms with Gasteiger partial charge in [-0.2, -0.15) is 0 Å². The topological polar surface area (TPSA) is 24.4 Å². The normalized spacial score (nSPS) is 13.4. The van der Waals surface area contributed by atoms with Crippen molar-refractivity contribution in [2.45, 2.75) is 72.6 Å². The molecule has 0 spiro atoms. The summed E-state index contributed by atoms with van der Waals surface area (Å²) < 4.78 is 13.6. The molecule has 0 fully saturated rings. The van der Waals surface area contributed by atoms with Gasteiger partial charge in [0.2, 0.25) is 0 Å². The van der Waals surface area contributed by atoms with Crippen LogP contribution in [-0.4, -0.2) is 18.8 Å². The van der Waals surface area contributed by atoms with Gasteiger partial charge in [-0.15, -0.1) is 0 Å². The number of aliphatic imine (C=N–C) groups is 1. The number of hydrogen-bond acceptors (Lipinski definition) is 2. The van der Waals surface area contributed by atoms with Crippen LogP contribution in [-0.2, 0) is 0 Å². The number of aryl methyl sites for hydroxylation is 1. The van der Waals surface area contributed by atoms with Crippen molar-refractivity contribution in [1.29, 1.82) is 0 Å². The Labute approximate surface area is 201 Å². The van der Waals surface area contributed by atoms with Crippen molar-refractivity contribution in [2.75, 3.05) is 13.1 Å². The van der Waals surface area contributed by atoms with Crippen molar-refractivity contribution < 1.29 is 4.39 Å². The number of halogens is 1. The standard InChI is InChI=1S/C30H43FN2/c1-6-9-11-15-27(26(5)31)22-24-32-23-13-17-30(28-20-18-25(4)19-21-28)33-29(14-8-3)16-12-10-7-2/h6,9,11,15,17-22,32H,5,7-8,10,12-14,16,23-24H2,1-4H3/b9-6-,15-11-,27-22-,30-17-,33-29+. The Kier molecular flexibility index (Phi) is 15.5. The maximum absolute atomic E-state index is 13.6. The summed E-state index contributed by atoms with van der Waals surface area (Å²) >= 11 is 0. The second kappa shape index (κ2) is 18.0. The maximum Gasteiger partial charge on any atom is 0.122 e. The summed E-state index contributed by atoms with van der Waals surface area (Å²) in [5.41, 5.74) is 5.28. The molecule has 1 rings (SSSR count). The van der Waals surface area contributed by atoms with Gasteiger partial charge in [-0.1, -0.05) is 106 Å². The lowest BCUT2D eigenvalue weighted by molar-refractivity contribution is 0.658. The second-order valence-corrected chi connectivity index (χ2v) is 8.28. The first-order valence-electron chi connectivity index (χ1n) is 12.4. The molecule has 0 aliphatic rings. The minimum atomic E-state index is -0.417. The van der Waals surface area contributed by atoms with E-state index in [1.807, 2.05) is 31.2 Å². The van der Waals surface area contributed by atoms with Crippen LogP contribution in [0.15, 0.2) is 83.7 Å². The predicted molar refractivity (Wildman–Crippen MR) is 145 cm³/mol. The summed E-state index contributed by atoms with van der Waals surface area (Å²) in [7, 11) is 0. The smallest absolute Gasteiger partial charge is 0.122 e. The molecule has 180 valence electrons. The van der Waals surface area contributed by atoms with E-state index in [4.69, 9.17) is 4.99 Å². The van der Waals surface area contributed by atoms with Gasteiger partial charge in [0.25, 0.3) is 0 Å². The van der Waals surface area contributed by atoms with E-state index in [0.717, 1.165) is 43.5 Å². The first-order valence-corrected chi connectivity index (χ1v) is 12.4. The van der Waals surface area contributed by atoms with Crippen molar-refractivity contribution >= 4 is 11.4 Å². The van der Waals surface area contributed by atoms with Crippen LogP contribution in [0.2, 0.25) is 0 Å². The van der Waals surface area contributed by atoms with E-state index in [-0.39, 0.29) is 0 Å². The fourth-order valence-corrected chi connectivity index (χ4v) is 3.36. The van der Waals surface area contributed by atoms with Crippen molar-refractivity contribution in [3.05, 3.63) is 89.8 Å². The van der Waals surface area contributed by atoms with Gasteiger partial charge in [-0.3, -0.25) is 4.99 Å². The molecule has 0 aromatic heterocycles. The minimum absolute atomic E-state index is 0.417. The molecule has 0 radical (unpaired) electrons. The Morgan fingerprint density at radius 1 is 1.03 bits per heavy atom. The average molecular weight is 451 g/mol. The molecule has 0 heterocycles. The van der Waals surface area contributed by atoms with E-state index in [1.54, 1.807) is 6.08 Å². The van der Waals surface area contributed by atoms with Crippen molar-refractivity contribution in [3.63, 3.8) is 0 Å². The van der Waals surface area contributed by atoms with Crippen LogP contribution in [0.25, 0.3) is 5.70 Å². The quantitative estimate of drug-likeness (QED) is 0.152. The fourth-order valence-electron chi connectivity index (χ4n) is 3.36. The third-order valence-corrected chi connectivity index (χ3v) is 5.25. The molecule has 2 nitrogen and oxygen atoms in total. The summed E-state index contributed by atoms with van der Waals surface area (Å²) in [6.45, 7) is 13.3. The Morgan fingerprint density at radius 3 is 2.42 bits per heavy atom. The number of allylic oxidation sites excluding steroid dienone is 6. The van der Waals surface area contributed by atoms with E-state index in [0.29, 0.717) is 12.1 Å². The highest BCUT2D eigenvalue weighted by molar-refractivity contribution is 5.89. The maximum atomic E-state index is 13.6.